The first-order valence-electron chi connectivity index (χ1n) is 10.4. The van der Waals surface area contributed by atoms with Crippen molar-refractivity contribution in [2.45, 2.75) is 31.1 Å². The van der Waals surface area contributed by atoms with Crippen LogP contribution in [0, 0.1) is 0 Å². The van der Waals surface area contributed by atoms with Crippen molar-refractivity contribution in [1.82, 2.24) is 19.9 Å². The normalized spacial score (nSPS) is 15.2. The van der Waals surface area contributed by atoms with Crippen LogP contribution in [-0.4, -0.2) is 44.5 Å². The molecule has 32 heavy (non-hydrogen) atoms. The van der Waals surface area contributed by atoms with Gasteiger partial charge in [-0.15, -0.1) is 11.3 Å². The maximum Gasteiger partial charge on any atom is 0.317 e. The van der Waals surface area contributed by atoms with Gasteiger partial charge in [0.05, 0.1) is 21.0 Å². The molecular formula is C22H25ClN4O3S2. The first kappa shape index (κ1) is 23.0. The molecule has 2 aromatic carbocycles. The number of carbonyl (C=O) groups excluding carboxylic acids is 1. The van der Waals surface area contributed by atoms with Gasteiger partial charge in [0, 0.05) is 30.6 Å². The number of piperidine rings is 1. The van der Waals surface area contributed by atoms with E-state index in [2.05, 4.69) is 10.0 Å². The first-order chi connectivity index (χ1) is 15.3. The van der Waals surface area contributed by atoms with Crippen LogP contribution in [0.2, 0.25) is 5.02 Å². The van der Waals surface area contributed by atoms with Gasteiger partial charge < -0.3 is 10.2 Å². The smallest absolute Gasteiger partial charge is 0.317 e. The van der Waals surface area contributed by atoms with Gasteiger partial charge in [-0.1, -0.05) is 35.9 Å². The predicted octanol–water partition coefficient (Wildman–Crippen LogP) is 4.09. The number of thiazole rings is 1. The highest BCUT2D eigenvalue weighted by molar-refractivity contribution is 7.88. The average molecular weight is 493 g/mol. The number of hydrogen-bond donors (Lipinski definition) is 2. The van der Waals surface area contributed by atoms with E-state index in [-0.39, 0.29) is 11.8 Å². The Kier molecular flexibility index (Phi) is 6.99. The SMILES string of the molecule is CNS(=O)(=O)Cc1cccc(CNC(=O)N2CCC(c3nc4cc(Cl)ccc4s3)CC2)c1. The van der Waals surface area contributed by atoms with Gasteiger partial charge in [0.25, 0.3) is 0 Å². The third kappa shape index (κ3) is 5.58. The molecule has 2 N–H and O–H groups in total. The van der Waals surface area contributed by atoms with E-state index in [9.17, 15) is 13.2 Å². The largest absolute Gasteiger partial charge is 0.334 e. The number of nitrogens with zero attached hydrogens (tertiary/aromatic N) is 2. The van der Waals surface area contributed by atoms with Crippen LogP contribution in [-0.2, 0) is 22.3 Å². The number of nitrogens with one attached hydrogen (secondary N) is 2. The molecule has 170 valence electrons. The number of urea groups is 1. The van der Waals surface area contributed by atoms with Crippen molar-refractivity contribution in [1.29, 1.82) is 0 Å². The summed E-state index contributed by atoms with van der Waals surface area (Å²) in [5.41, 5.74) is 2.48. The van der Waals surface area contributed by atoms with E-state index in [1.54, 1.807) is 29.5 Å². The minimum atomic E-state index is -3.33. The fourth-order valence-corrected chi connectivity index (χ4v) is 5.88. The number of sulfonamides is 1. The minimum Gasteiger partial charge on any atom is -0.334 e. The molecule has 0 saturated carbocycles. The van der Waals surface area contributed by atoms with E-state index in [0.29, 0.717) is 36.1 Å². The molecule has 0 spiro atoms. The molecule has 3 aromatic rings. The molecule has 0 aliphatic carbocycles. The molecular weight excluding hydrogens is 468 g/mol. The highest BCUT2D eigenvalue weighted by Crippen LogP contribution is 2.34. The molecule has 0 atom stereocenters. The molecule has 0 unspecified atom stereocenters. The maximum absolute atomic E-state index is 12.6. The topological polar surface area (TPSA) is 91.4 Å². The van der Waals surface area contributed by atoms with Crippen molar-refractivity contribution in [2.24, 2.45) is 0 Å². The molecule has 2 amide bonds. The lowest BCUT2D eigenvalue weighted by Crippen LogP contribution is -2.43. The lowest BCUT2D eigenvalue weighted by Gasteiger charge is -2.31. The first-order valence-corrected chi connectivity index (χ1v) is 13.3. The average Bonchev–Trinajstić information content (AvgIpc) is 3.21. The van der Waals surface area contributed by atoms with E-state index in [1.807, 2.05) is 29.2 Å². The number of hydrogen-bond acceptors (Lipinski definition) is 5. The minimum absolute atomic E-state index is 0.0865. The third-order valence-corrected chi connectivity index (χ3v) is 8.37. The summed E-state index contributed by atoms with van der Waals surface area (Å²) in [5, 5.41) is 4.75. The molecule has 0 radical (unpaired) electrons. The summed E-state index contributed by atoms with van der Waals surface area (Å²) < 4.78 is 26.9. The van der Waals surface area contributed by atoms with Gasteiger partial charge in [-0.05, 0) is 49.2 Å². The van der Waals surface area contributed by atoms with E-state index in [0.717, 1.165) is 33.6 Å². The predicted molar refractivity (Wildman–Crippen MR) is 129 cm³/mol. The molecule has 1 fully saturated rings. The zero-order valence-corrected chi connectivity index (χ0v) is 20.1. The van der Waals surface area contributed by atoms with E-state index in [1.165, 1.54) is 7.05 Å². The quantitative estimate of drug-likeness (QED) is 0.542. The Labute approximate surface area is 196 Å². The van der Waals surface area contributed by atoms with Crippen LogP contribution in [0.3, 0.4) is 0 Å². The Hall–Kier alpha value is -2.20. The van der Waals surface area contributed by atoms with Gasteiger partial charge in [-0.2, -0.15) is 0 Å². The van der Waals surface area contributed by atoms with Crippen molar-refractivity contribution in [2.75, 3.05) is 20.1 Å². The number of rotatable bonds is 6. The lowest BCUT2D eigenvalue weighted by molar-refractivity contribution is 0.181. The Balaban J connectivity index is 1.30. The van der Waals surface area contributed by atoms with Crippen LogP contribution >= 0.6 is 22.9 Å². The summed E-state index contributed by atoms with van der Waals surface area (Å²) in [7, 11) is -1.94. The van der Waals surface area contributed by atoms with Crippen LogP contribution < -0.4 is 10.0 Å². The summed E-state index contributed by atoms with van der Waals surface area (Å²) >= 11 is 7.77. The van der Waals surface area contributed by atoms with E-state index >= 15 is 0 Å². The monoisotopic (exact) mass is 492 g/mol. The van der Waals surface area contributed by atoms with Crippen molar-refractivity contribution in [3.05, 3.63) is 63.6 Å². The maximum atomic E-state index is 12.6. The second kappa shape index (κ2) is 9.74. The third-order valence-electron chi connectivity index (χ3n) is 5.60. The molecule has 0 bridgehead atoms. The van der Waals surface area contributed by atoms with Crippen LogP contribution in [0.4, 0.5) is 4.79 Å². The summed E-state index contributed by atoms with van der Waals surface area (Å²) in [5.74, 6) is 0.262. The number of carbonyl (C=O) groups is 1. The second-order valence-corrected chi connectivity index (χ2v) is 11.3. The number of benzene rings is 2. The van der Waals surface area contributed by atoms with Gasteiger partial charge in [0.2, 0.25) is 10.0 Å². The number of halogens is 1. The van der Waals surface area contributed by atoms with E-state index < -0.39 is 10.0 Å². The summed E-state index contributed by atoms with van der Waals surface area (Å²) in [6, 6.07) is 12.9. The highest BCUT2D eigenvalue weighted by Gasteiger charge is 2.26. The zero-order valence-electron chi connectivity index (χ0n) is 17.7. The van der Waals surface area contributed by atoms with Gasteiger partial charge in [-0.25, -0.2) is 22.9 Å². The number of aromatic nitrogens is 1. The van der Waals surface area contributed by atoms with Gasteiger partial charge in [0.15, 0.2) is 0 Å². The molecule has 4 rings (SSSR count). The van der Waals surface area contributed by atoms with Crippen LogP contribution in [0.1, 0.15) is 34.9 Å². The van der Waals surface area contributed by atoms with E-state index in [4.69, 9.17) is 16.6 Å². The van der Waals surface area contributed by atoms with Crippen molar-refractivity contribution in [3.8, 4) is 0 Å². The molecule has 10 heteroatoms. The van der Waals surface area contributed by atoms with Gasteiger partial charge >= 0.3 is 6.03 Å². The number of likely N-dealkylation sites (tertiary alicyclic amines) is 1. The number of fused-ring (bicyclic) bond motifs is 1. The van der Waals surface area contributed by atoms with Crippen molar-refractivity contribution >= 4 is 49.2 Å². The van der Waals surface area contributed by atoms with Crippen LogP contribution in [0.15, 0.2) is 42.5 Å². The highest BCUT2D eigenvalue weighted by atomic mass is 35.5. The van der Waals surface area contributed by atoms with Crippen molar-refractivity contribution in [3.63, 3.8) is 0 Å². The summed E-state index contributed by atoms with van der Waals surface area (Å²) in [6.45, 7) is 1.70. The standard InChI is InChI=1S/C22H25ClN4O3S2/c1-24-32(29,30)14-16-4-2-3-15(11-16)13-25-22(28)27-9-7-17(8-10-27)21-26-19-12-18(23)5-6-20(19)31-21/h2-6,11-12,17,24H,7-10,13-14H2,1H3,(H,25,28). The fourth-order valence-electron chi connectivity index (χ4n) is 3.83. The molecule has 1 aliphatic heterocycles. The Morgan fingerprint density at radius 2 is 1.94 bits per heavy atom. The van der Waals surface area contributed by atoms with Crippen LogP contribution in [0.25, 0.3) is 10.2 Å². The molecule has 1 aromatic heterocycles. The van der Waals surface area contributed by atoms with Gasteiger partial charge in [-0.3, -0.25) is 0 Å². The molecule has 1 saturated heterocycles. The zero-order chi connectivity index (χ0) is 22.7. The summed E-state index contributed by atoms with van der Waals surface area (Å²) in [6.07, 6.45) is 1.75. The fraction of sp³-hybridized carbons (Fsp3) is 0.364. The molecule has 7 nitrogen and oxygen atoms in total. The van der Waals surface area contributed by atoms with Crippen LogP contribution in [0.5, 0.6) is 0 Å². The molecule has 2 heterocycles. The Morgan fingerprint density at radius 3 is 2.69 bits per heavy atom. The Bertz CT molecular complexity index is 1220. The Morgan fingerprint density at radius 1 is 1.19 bits per heavy atom. The second-order valence-electron chi connectivity index (χ2n) is 7.87. The summed E-state index contributed by atoms with van der Waals surface area (Å²) in [4.78, 5) is 19.2. The van der Waals surface area contributed by atoms with Gasteiger partial charge in [0.1, 0.15) is 0 Å². The number of amides is 2. The molecule has 1 aliphatic rings. The lowest BCUT2D eigenvalue weighted by atomic mass is 9.98. The van der Waals surface area contributed by atoms with Crippen molar-refractivity contribution < 1.29 is 13.2 Å².